The van der Waals surface area contributed by atoms with E-state index < -0.39 is 0 Å². The van der Waals surface area contributed by atoms with Crippen LogP contribution in [0.4, 0.5) is 0 Å². The van der Waals surface area contributed by atoms with Crippen LogP contribution in [-0.4, -0.2) is 46.6 Å². The van der Waals surface area contributed by atoms with Crippen LogP contribution in [0.3, 0.4) is 0 Å². The third-order valence-electron chi connectivity index (χ3n) is 3.52. The van der Waals surface area contributed by atoms with Gasteiger partial charge in [0.1, 0.15) is 11.4 Å². The second kappa shape index (κ2) is 6.65. The maximum absolute atomic E-state index is 12.4. The number of hydrogen-bond acceptors (Lipinski definition) is 4. The predicted molar refractivity (Wildman–Crippen MR) is 74.8 cm³/mol. The summed E-state index contributed by atoms with van der Waals surface area (Å²) in [5, 5.41) is 0. The number of H-pyrrole nitrogens is 1. The van der Waals surface area contributed by atoms with Gasteiger partial charge in [-0.2, -0.15) is 0 Å². The highest BCUT2D eigenvalue weighted by Gasteiger charge is 2.23. The van der Waals surface area contributed by atoms with Crippen LogP contribution < -0.4 is 5.56 Å². The minimum Gasteiger partial charge on any atom is -0.376 e. The van der Waals surface area contributed by atoms with Gasteiger partial charge >= 0.3 is 0 Å². The highest BCUT2D eigenvalue weighted by Crippen LogP contribution is 2.14. The number of ether oxygens (including phenoxy) is 1. The summed E-state index contributed by atoms with van der Waals surface area (Å²) in [6.45, 7) is 5.41. The zero-order valence-corrected chi connectivity index (χ0v) is 12.0. The molecule has 1 amide bonds. The first-order valence-corrected chi connectivity index (χ1v) is 7.08. The number of carbonyl (C=O) groups excluding carboxylic acids is 1. The zero-order chi connectivity index (χ0) is 14.5. The molecule has 1 atom stereocenters. The Hall–Kier alpha value is -1.69. The average molecular weight is 279 g/mol. The molecule has 6 nitrogen and oxygen atoms in total. The van der Waals surface area contributed by atoms with Crippen LogP contribution in [-0.2, 0) is 4.74 Å². The second-order valence-corrected chi connectivity index (χ2v) is 5.04. The first-order valence-electron chi connectivity index (χ1n) is 7.08. The van der Waals surface area contributed by atoms with E-state index in [0.717, 1.165) is 25.9 Å². The highest BCUT2D eigenvalue weighted by molar-refractivity contribution is 5.93. The Morgan fingerprint density at radius 1 is 1.55 bits per heavy atom. The van der Waals surface area contributed by atoms with Gasteiger partial charge in [0.05, 0.1) is 6.10 Å². The van der Waals surface area contributed by atoms with Crippen molar-refractivity contribution in [1.29, 1.82) is 0 Å². The number of aryl methyl sites for hydroxylation is 1. The van der Waals surface area contributed by atoms with Crippen molar-refractivity contribution in [1.82, 2.24) is 14.9 Å². The van der Waals surface area contributed by atoms with E-state index in [2.05, 4.69) is 9.97 Å². The van der Waals surface area contributed by atoms with Gasteiger partial charge in [0.2, 0.25) is 0 Å². The van der Waals surface area contributed by atoms with Crippen molar-refractivity contribution in [2.75, 3.05) is 19.7 Å². The number of likely N-dealkylation sites (N-methyl/N-ethyl adjacent to an activating group) is 1. The summed E-state index contributed by atoms with van der Waals surface area (Å²) >= 11 is 0. The van der Waals surface area contributed by atoms with Gasteiger partial charge in [0.25, 0.3) is 11.5 Å². The molecule has 0 radical (unpaired) electrons. The molecule has 2 heterocycles. The Morgan fingerprint density at radius 2 is 2.35 bits per heavy atom. The predicted octanol–water partition coefficient (Wildman–Crippen LogP) is 1.11. The van der Waals surface area contributed by atoms with Gasteiger partial charge in [0, 0.05) is 25.9 Å². The monoisotopic (exact) mass is 279 g/mol. The summed E-state index contributed by atoms with van der Waals surface area (Å²) < 4.78 is 5.65. The van der Waals surface area contributed by atoms with Crippen LogP contribution in [0.5, 0.6) is 0 Å². The lowest BCUT2D eigenvalue weighted by Gasteiger charge is -2.29. The third kappa shape index (κ3) is 3.45. The molecule has 1 aromatic rings. The van der Waals surface area contributed by atoms with Crippen LogP contribution in [0.25, 0.3) is 0 Å². The molecule has 0 aliphatic carbocycles. The molecule has 1 aromatic heterocycles. The second-order valence-electron chi connectivity index (χ2n) is 5.04. The van der Waals surface area contributed by atoms with Crippen LogP contribution in [0.2, 0.25) is 0 Å². The van der Waals surface area contributed by atoms with E-state index in [4.69, 9.17) is 4.74 Å². The van der Waals surface area contributed by atoms with Crippen molar-refractivity contribution in [3.8, 4) is 0 Å². The molecule has 1 unspecified atom stereocenters. The molecule has 1 aliphatic rings. The molecule has 0 spiro atoms. The number of hydrogen-bond donors (Lipinski definition) is 1. The number of aromatic nitrogens is 2. The maximum Gasteiger partial charge on any atom is 0.263 e. The van der Waals surface area contributed by atoms with Crippen LogP contribution in [0.1, 0.15) is 42.4 Å². The lowest BCUT2D eigenvalue weighted by molar-refractivity contribution is -0.00316. The normalized spacial score (nSPS) is 18.8. The topological polar surface area (TPSA) is 75.3 Å². The van der Waals surface area contributed by atoms with E-state index in [-0.39, 0.29) is 23.1 Å². The Morgan fingerprint density at radius 3 is 2.95 bits per heavy atom. The molecular formula is C14H21N3O3. The van der Waals surface area contributed by atoms with Gasteiger partial charge < -0.3 is 14.6 Å². The SMILES string of the molecule is CCN(CC1CCCCO1)C(=O)c1cnc(C)[nH]c1=O. The van der Waals surface area contributed by atoms with Gasteiger partial charge in [-0.05, 0) is 33.1 Å². The fraction of sp³-hybridized carbons (Fsp3) is 0.643. The standard InChI is InChI=1S/C14H21N3O3/c1-3-17(9-11-6-4-5-7-20-11)14(19)12-8-15-10(2)16-13(12)18/h8,11H,3-7,9H2,1-2H3,(H,15,16,18). The number of aromatic amines is 1. The summed E-state index contributed by atoms with van der Waals surface area (Å²) in [4.78, 5) is 32.4. The minimum atomic E-state index is -0.384. The number of nitrogens with one attached hydrogen (secondary N) is 1. The molecule has 110 valence electrons. The molecule has 1 saturated heterocycles. The fourth-order valence-electron chi connectivity index (χ4n) is 2.36. The fourth-order valence-corrected chi connectivity index (χ4v) is 2.36. The Balaban J connectivity index is 2.09. The highest BCUT2D eigenvalue weighted by atomic mass is 16.5. The van der Waals surface area contributed by atoms with Crippen LogP contribution in [0, 0.1) is 6.92 Å². The van der Waals surface area contributed by atoms with Gasteiger partial charge in [-0.25, -0.2) is 4.98 Å². The lowest BCUT2D eigenvalue weighted by Crippen LogP contribution is -2.41. The van der Waals surface area contributed by atoms with Gasteiger partial charge in [-0.15, -0.1) is 0 Å². The van der Waals surface area contributed by atoms with Gasteiger partial charge in [-0.1, -0.05) is 0 Å². The quantitative estimate of drug-likeness (QED) is 0.896. The van der Waals surface area contributed by atoms with Crippen LogP contribution >= 0.6 is 0 Å². The molecule has 2 rings (SSSR count). The molecule has 0 bridgehead atoms. The van der Waals surface area contributed by atoms with Crippen molar-refractivity contribution in [2.45, 2.75) is 39.2 Å². The first-order chi connectivity index (χ1) is 9.61. The van der Waals surface area contributed by atoms with E-state index in [0.29, 0.717) is 18.9 Å². The molecule has 0 aromatic carbocycles. The van der Waals surface area contributed by atoms with E-state index in [1.807, 2.05) is 6.92 Å². The van der Waals surface area contributed by atoms with Gasteiger partial charge in [0.15, 0.2) is 0 Å². The molecule has 0 saturated carbocycles. The van der Waals surface area contributed by atoms with Crippen molar-refractivity contribution in [3.63, 3.8) is 0 Å². The van der Waals surface area contributed by atoms with E-state index in [1.165, 1.54) is 6.20 Å². The molecule has 1 N–H and O–H groups in total. The molecule has 20 heavy (non-hydrogen) atoms. The Bertz CT molecular complexity index is 521. The smallest absolute Gasteiger partial charge is 0.263 e. The molecule has 1 aliphatic heterocycles. The third-order valence-corrected chi connectivity index (χ3v) is 3.52. The van der Waals surface area contributed by atoms with Crippen molar-refractivity contribution in [2.24, 2.45) is 0 Å². The summed E-state index contributed by atoms with van der Waals surface area (Å²) in [6.07, 6.45) is 4.60. The first kappa shape index (κ1) is 14.7. The number of rotatable bonds is 4. The average Bonchev–Trinajstić information content (AvgIpc) is 2.45. The number of carbonyl (C=O) groups is 1. The van der Waals surface area contributed by atoms with Gasteiger partial charge in [-0.3, -0.25) is 9.59 Å². The van der Waals surface area contributed by atoms with E-state index in [9.17, 15) is 9.59 Å². The van der Waals surface area contributed by atoms with E-state index in [1.54, 1.807) is 11.8 Å². The summed E-state index contributed by atoms with van der Waals surface area (Å²) in [6, 6.07) is 0. The van der Waals surface area contributed by atoms with Crippen molar-refractivity contribution >= 4 is 5.91 Å². The largest absolute Gasteiger partial charge is 0.376 e. The lowest BCUT2D eigenvalue weighted by atomic mass is 10.1. The number of nitrogens with zero attached hydrogens (tertiary/aromatic N) is 2. The van der Waals surface area contributed by atoms with Crippen LogP contribution in [0.15, 0.2) is 11.0 Å². The number of amides is 1. The maximum atomic E-state index is 12.4. The van der Waals surface area contributed by atoms with E-state index >= 15 is 0 Å². The molecule has 1 fully saturated rings. The minimum absolute atomic E-state index is 0.0742. The van der Waals surface area contributed by atoms with Crippen molar-refractivity contribution in [3.05, 3.63) is 27.9 Å². The summed E-state index contributed by atoms with van der Waals surface area (Å²) in [5.41, 5.74) is -0.293. The van der Waals surface area contributed by atoms with Crippen molar-refractivity contribution < 1.29 is 9.53 Å². The summed E-state index contributed by atoms with van der Waals surface area (Å²) in [7, 11) is 0. The zero-order valence-electron chi connectivity index (χ0n) is 12.0. The molecule has 6 heteroatoms. The Kier molecular flexibility index (Phi) is 4.89. The summed E-state index contributed by atoms with van der Waals surface area (Å²) in [5.74, 6) is 0.223. The Labute approximate surface area is 118 Å². The molecular weight excluding hydrogens is 258 g/mol.